The standard InChI is InChI=1S/C41H31N3/c1-29(31-15-6-3-7-16-31)42-41(43-30(2)32-17-8-4-9-18-32)35-20-14-19-33(27-35)34-25-26-38-37-23-12-13-24-39(37)44(40(38)28-34)36-21-10-5-11-22-36/h3-28H,1H2,2H3. The van der Waals surface area contributed by atoms with Crippen molar-refractivity contribution in [2.45, 2.75) is 6.92 Å². The number of hydrogen-bond donors (Lipinski definition) is 0. The second-order valence-electron chi connectivity index (χ2n) is 10.8. The SMILES string of the molecule is C=C(N=C(N=C(C)c1ccccc1)c1cccc(-c2ccc3c4ccccc4n(-c4ccccc4)c3c2)c1)c1ccccc1. The first kappa shape index (κ1) is 27.1. The van der Waals surface area contributed by atoms with E-state index in [2.05, 4.69) is 120 Å². The summed E-state index contributed by atoms with van der Waals surface area (Å²) in [5.74, 6) is 0.626. The number of amidine groups is 1. The molecule has 0 aliphatic carbocycles. The normalized spacial score (nSPS) is 12.1. The minimum absolute atomic E-state index is 0.626. The molecular formula is C41H31N3. The van der Waals surface area contributed by atoms with Gasteiger partial charge in [-0.25, -0.2) is 9.98 Å². The van der Waals surface area contributed by atoms with Crippen molar-refractivity contribution in [3.8, 4) is 16.8 Å². The molecule has 3 heteroatoms. The molecule has 0 saturated heterocycles. The summed E-state index contributed by atoms with van der Waals surface area (Å²) < 4.78 is 2.35. The third-order valence-corrected chi connectivity index (χ3v) is 7.96. The van der Waals surface area contributed by atoms with E-state index in [4.69, 9.17) is 9.98 Å². The quantitative estimate of drug-likeness (QED) is 0.142. The van der Waals surface area contributed by atoms with Crippen LogP contribution in [0.3, 0.4) is 0 Å². The Morgan fingerprint density at radius 3 is 1.84 bits per heavy atom. The Balaban J connectivity index is 1.36. The zero-order chi connectivity index (χ0) is 29.9. The van der Waals surface area contributed by atoms with Crippen molar-refractivity contribution in [3.63, 3.8) is 0 Å². The molecule has 0 aliphatic rings. The summed E-state index contributed by atoms with van der Waals surface area (Å²) in [6.07, 6.45) is 0. The second-order valence-corrected chi connectivity index (χ2v) is 10.8. The minimum Gasteiger partial charge on any atom is -0.309 e. The summed E-state index contributed by atoms with van der Waals surface area (Å²) >= 11 is 0. The number of aliphatic imine (C=N–C) groups is 2. The van der Waals surface area contributed by atoms with Crippen molar-refractivity contribution < 1.29 is 0 Å². The van der Waals surface area contributed by atoms with Crippen LogP contribution in [0.1, 0.15) is 23.6 Å². The summed E-state index contributed by atoms with van der Waals surface area (Å²) in [4.78, 5) is 10.0. The largest absolute Gasteiger partial charge is 0.309 e. The van der Waals surface area contributed by atoms with Crippen LogP contribution in [-0.4, -0.2) is 16.1 Å². The maximum atomic E-state index is 5.05. The van der Waals surface area contributed by atoms with Gasteiger partial charge in [0.2, 0.25) is 0 Å². The van der Waals surface area contributed by atoms with Gasteiger partial charge in [-0.15, -0.1) is 0 Å². The zero-order valence-electron chi connectivity index (χ0n) is 24.6. The van der Waals surface area contributed by atoms with Crippen LogP contribution in [0.25, 0.3) is 44.3 Å². The Hall–Kier alpha value is -5.80. The molecule has 0 unspecified atom stereocenters. The van der Waals surface area contributed by atoms with Crippen LogP contribution in [0, 0.1) is 0 Å². The third-order valence-electron chi connectivity index (χ3n) is 7.96. The highest BCUT2D eigenvalue weighted by atomic mass is 15.0. The molecule has 0 atom stereocenters. The van der Waals surface area contributed by atoms with Crippen molar-refractivity contribution >= 4 is 39.1 Å². The van der Waals surface area contributed by atoms with Crippen molar-refractivity contribution in [2.75, 3.05) is 0 Å². The topological polar surface area (TPSA) is 29.6 Å². The maximum Gasteiger partial charge on any atom is 0.160 e. The summed E-state index contributed by atoms with van der Waals surface area (Å²) in [5, 5.41) is 2.47. The van der Waals surface area contributed by atoms with E-state index in [0.29, 0.717) is 11.5 Å². The van der Waals surface area contributed by atoms with Gasteiger partial charge in [-0.1, -0.05) is 134 Å². The Morgan fingerprint density at radius 2 is 1.09 bits per heavy atom. The van der Waals surface area contributed by atoms with Gasteiger partial charge in [0, 0.05) is 27.7 Å². The summed E-state index contributed by atoms with van der Waals surface area (Å²) in [5.41, 5.74) is 10.2. The number of fused-ring (bicyclic) bond motifs is 3. The maximum absolute atomic E-state index is 5.05. The number of nitrogens with zero attached hydrogens (tertiary/aromatic N) is 3. The van der Waals surface area contributed by atoms with Crippen LogP contribution in [-0.2, 0) is 0 Å². The fraction of sp³-hybridized carbons (Fsp3) is 0.0244. The first-order valence-electron chi connectivity index (χ1n) is 14.8. The number of aromatic nitrogens is 1. The number of rotatable bonds is 6. The minimum atomic E-state index is 0.626. The third kappa shape index (κ3) is 5.28. The molecular weight excluding hydrogens is 534 g/mol. The molecule has 0 amide bonds. The average Bonchev–Trinajstić information content (AvgIpc) is 3.43. The molecule has 7 rings (SSSR count). The Morgan fingerprint density at radius 1 is 0.500 bits per heavy atom. The van der Waals surface area contributed by atoms with Gasteiger partial charge >= 0.3 is 0 Å². The number of hydrogen-bond acceptors (Lipinski definition) is 1. The lowest BCUT2D eigenvalue weighted by Crippen LogP contribution is -2.04. The smallest absolute Gasteiger partial charge is 0.160 e. The van der Waals surface area contributed by atoms with Gasteiger partial charge in [0.05, 0.1) is 16.7 Å². The number of para-hydroxylation sites is 2. The molecule has 0 saturated carbocycles. The fourth-order valence-corrected chi connectivity index (χ4v) is 5.72. The second kappa shape index (κ2) is 11.8. The van der Waals surface area contributed by atoms with Gasteiger partial charge in [0.25, 0.3) is 0 Å². The van der Waals surface area contributed by atoms with Crippen molar-refractivity contribution in [3.05, 3.63) is 181 Å². The lowest BCUT2D eigenvalue weighted by Gasteiger charge is -2.11. The van der Waals surface area contributed by atoms with Crippen LogP contribution in [0.15, 0.2) is 174 Å². The zero-order valence-corrected chi connectivity index (χ0v) is 24.6. The van der Waals surface area contributed by atoms with E-state index >= 15 is 0 Å². The van der Waals surface area contributed by atoms with E-state index in [1.54, 1.807) is 0 Å². The summed E-state index contributed by atoms with van der Waals surface area (Å²) in [7, 11) is 0. The van der Waals surface area contributed by atoms with Gasteiger partial charge in [-0.3, -0.25) is 0 Å². The molecule has 44 heavy (non-hydrogen) atoms. The monoisotopic (exact) mass is 565 g/mol. The molecule has 0 radical (unpaired) electrons. The summed E-state index contributed by atoms with van der Waals surface area (Å²) in [6, 6.07) is 54.6. The van der Waals surface area contributed by atoms with Crippen molar-refractivity contribution in [2.24, 2.45) is 9.98 Å². The molecule has 0 bridgehead atoms. The molecule has 1 heterocycles. The van der Waals surface area contributed by atoms with Gasteiger partial charge in [0.15, 0.2) is 5.84 Å². The highest BCUT2D eigenvalue weighted by molar-refractivity contribution is 6.13. The predicted molar refractivity (Wildman–Crippen MR) is 187 cm³/mol. The highest BCUT2D eigenvalue weighted by Gasteiger charge is 2.14. The van der Waals surface area contributed by atoms with Gasteiger partial charge in [-0.05, 0) is 59.5 Å². The van der Waals surface area contributed by atoms with E-state index in [9.17, 15) is 0 Å². The molecule has 0 fully saturated rings. The molecule has 0 N–H and O–H groups in total. The molecule has 0 aliphatic heterocycles. The lowest BCUT2D eigenvalue weighted by atomic mass is 10.0. The van der Waals surface area contributed by atoms with E-state index in [-0.39, 0.29) is 0 Å². The van der Waals surface area contributed by atoms with Crippen LogP contribution >= 0.6 is 0 Å². The van der Waals surface area contributed by atoms with E-state index in [1.807, 2.05) is 55.5 Å². The molecule has 6 aromatic carbocycles. The van der Waals surface area contributed by atoms with Gasteiger partial charge < -0.3 is 4.57 Å². The Bertz CT molecular complexity index is 2170. The first-order valence-corrected chi connectivity index (χ1v) is 14.8. The number of benzene rings is 6. The molecule has 3 nitrogen and oxygen atoms in total. The Labute approximate surface area is 257 Å². The van der Waals surface area contributed by atoms with Gasteiger partial charge in [-0.2, -0.15) is 0 Å². The van der Waals surface area contributed by atoms with Gasteiger partial charge in [0.1, 0.15) is 0 Å². The Kier molecular flexibility index (Phi) is 7.27. The van der Waals surface area contributed by atoms with Crippen molar-refractivity contribution in [1.82, 2.24) is 4.57 Å². The van der Waals surface area contributed by atoms with Crippen LogP contribution in [0.4, 0.5) is 0 Å². The first-order chi connectivity index (χ1) is 21.7. The van der Waals surface area contributed by atoms with Crippen LogP contribution < -0.4 is 0 Å². The molecule has 0 spiro atoms. The van der Waals surface area contributed by atoms with Crippen molar-refractivity contribution in [1.29, 1.82) is 0 Å². The molecule has 7 aromatic rings. The van der Waals surface area contributed by atoms with Crippen LogP contribution in [0.2, 0.25) is 0 Å². The average molecular weight is 566 g/mol. The lowest BCUT2D eigenvalue weighted by molar-refractivity contribution is 1.18. The van der Waals surface area contributed by atoms with E-state index in [0.717, 1.165) is 39.2 Å². The molecule has 210 valence electrons. The summed E-state index contributed by atoms with van der Waals surface area (Å²) in [6.45, 7) is 6.31. The van der Waals surface area contributed by atoms with E-state index < -0.39 is 0 Å². The van der Waals surface area contributed by atoms with E-state index in [1.165, 1.54) is 21.8 Å². The predicted octanol–water partition coefficient (Wildman–Crippen LogP) is 10.4. The highest BCUT2D eigenvalue weighted by Crippen LogP contribution is 2.35. The van der Waals surface area contributed by atoms with Crippen LogP contribution in [0.5, 0.6) is 0 Å². The molecule has 1 aromatic heterocycles. The fourth-order valence-electron chi connectivity index (χ4n) is 5.72.